The number of nitrogens with zero attached hydrogens (tertiary/aromatic N) is 1. The van der Waals surface area contributed by atoms with Crippen LogP contribution in [0.15, 0.2) is 34.9 Å². The Hall–Kier alpha value is -2.34. The van der Waals surface area contributed by atoms with Gasteiger partial charge >= 0.3 is 5.97 Å². The zero-order valence-corrected chi connectivity index (χ0v) is 11.4. The first kappa shape index (κ1) is 14.1. The van der Waals surface area contributed by atoms with Crippen molar-refractivity contribution >= 4 is 5.97 Å². The summed E-state index contributed by atoms with van der Waals surface area (Å²) in [7, 11) is 2.90. The van der Waals surface area contributed by atoms with Gasteiger partial charge in [0.15, 0.2) is 0 Å². The summed E-state index contributed by atoms with van der Waals surface area (Å²) in [6, 6.07) is 7.11. The highest BCUT2D eigenvalue weighted by molar-refractivity contribution is 5.86. The van der Waals surface area contributed by atoms with Crippen LogP contribution in [-0.2, 0) is 17.8 Å². The number of esters is 1. The normalized spacial score (nSPS) is 10.3. The van der Waals surface area contributed by atoms with E-state index in [4.69, 9.17) is 9.15 Å². The van der Waals surface area contributed by atoms with Crippen molar-refractivity contribution in [2.45, 2.75) is 13.1 Å². The van der Waals surface area contributed by atoms with Crippen LogP contribution in [-0.4, -0.2) is 25.2 Å². The largest absolute Gasteiger partial charge is 0.481 e. The van der Waals surface area contributed by atoms with Gasteiger partial charge in [-0.3, -0.25) is 0 Å². The maximum absolute atomic E-state index is 11.2. The lowest BCUT2D eigenvalue weighted by atomic mass is 10.2. The van der Waals surface area contributed by atoms with Gasteiger partial charge < -0.3 is 19.2 Å². The van der Waals surface area contributed by atoms with Crippen molar-refractivity contribution in [2.24, 2.45) is 0 Å². The third-order valence-electron chi connectivity index (χ3n) is 2.71. The summed E-state index contributed by atoms with van der Waals surface area (Å²) in [4.78, 5) is 15.4. The molecule has 0 aliphatic heterocycles. The molecule has 1 N–H and O–H groups in total. The second-order valence-electron chi connectivity index (χ2n) is 4.03. The molecule has 6 nitrogen and oxygen atoms in total. The monoisotopic (exact) mass is 276 g/mol. The molecule has 0 saturated heterocycles. The van der Waals surface area contributed by atoms with E-state index >= 15 is 0 Å². The summed E-state index contributed by atoms with van der Waals surface area (Å²) in [5.41, 5.74) is 0.953. The van der Waals surface area contributed by atoms with E-state index in [-0.39, 0.29) is 5.76 Å². The number of furan rings is 1. The third-order valence-corrected chi connectivity index (χ3v) is 2.71. The van der Waals surface area contributed by atoms with E-state index in [0.717, 1.165) is 5.56 Å². The van der Waals surface area contributed by atoms with Gasteiger partial charge in [-0.25, -0.2) is 9.78 Å². The fraction of sp³-hybridized carbons (Fsp3) is 0.286. The van der Waals surface area contributed by atoms with Crippen LogP contribution < -0.4 is 10.1 Å². The number of carbonyl (C=O) groups is 1. The zero-order valence-electron chi connectivity index (χ0n) is 11.4. The summed E-state index contributed by atoms with van der Waals surface area (Å²) in [5, 5.41) is 3.20. The summed E-state index contributed by atoms with van der Waals surface area (Å²) in [5.74, 6) is 0.969. The van der Waals surface area contributed by atoms with E-state index < -0.39 is 5.97 Å². The maximum atomic E-state index is 11.2. The van der Waals surface area contributed by atoms with Gasteiger partial charge in [0.05, 0.1) is 20.8 Å². The molecule has 6 heteroatoms. The topological polar surface area (TPSA) is 73.6 Å². The number of hydrogen-bond donors (Lipinski definition) is 1. The summed E-state index contributed by atoms with van der Waals surface area (Å²) in [6.07, 6.45) is 1.68. The Morgan fingerprint density at radius 1 is 1.30 bits per heavy atom. The molecule has 2 rings (SSSR count). The van der Waals surface area contributed by atoms with Crippen molar-refractivity contribution in [3.63, 3.8) is 0 Å². The number of ether oxygens (including phenoxy) is 2. The molecule has 0 saturated carbocycles. The standard InChI is InChI=1S/C14H16N2O4/c1-18-13-10(4-3-7-16-13)8-15-9-11-5-6-12(20-11)14(17)19-2/h3-7,15H,8-9H2,1-2H3. The van der Waals surface area contributed by atoms with Crippen molar-refractivity contribution in [1.82, 2.24) is 10.3 Å². The Labute approximate surface area is 116 Å². The fourth-order valence-electron chi connectivity index (χ4n) is 1.75. The first-order valence-electron chi connectivity index (χ1n) is 6.10. The van der Waals surface area contributed by atoms with E-state index in [1.807, 2.05) is 12.1 Å². The first-order valence-corrected chi connectivity index (χ1v) is 6.10. The molecule has 0 bridgehead atoms. The zero-order chi connectivity index (χ0) is 14.4. The van der Waals surface area contributed by atoms with Crippen molar-refractivity contribution in [1.29, 1.82) is 0 Å². The molecule has 2 heterocycles. The minimum atomic E-state index is -0.481. The number of hydrogen-bond acceptors (Lipinski definition) is 6. The smallest absolute Gasteiger partial charge is 0.373 e. The Balaban J connectivity index is 1.89. The Morgan fingerprint density at radius 2 is 2.15 bits per heavy atom. The average Bonchev–Trinajstić information content (AvgIpc) is 2.96. The predicted octanol–water partition coefficient (Wildman–Crippen LogP) is 1.76. The molecule has 0 radical (unpaired) electrons. The molecule has 0 spiro atoms. The molecule has 0 amide bonds. The van der Waals surface area contributed by atoms with Crippen molar-refractivity contribution in [3.8, 4) is 5.88 Å². The Morgan fingerprint density at radius 3 is 2.90 bits per heavy atom. The minimum Gasteiger partial charge on any atom is -0.481 e. The van der Waals surface area contributed by atoms with Crippen molar-refractivity contribution in [3.05, 3.63) is 47.5 Å². The maximum Gasteiger partial charge on any atom is 0.373 e. The van der Waals surface area contributed by atoms with Crippen LogP contribution >= 0.6 is 0 Å². The summed E-state index contributed by atoms with van der Waals surface area (Å²) >= 11 is 0. The molecule has 0 aliphatic carbocycles. The van der Waals surface area contributed by atoms with Gasteiger partial charge in [-0.15, -0.1) is 0 Å². The number of methoxy groups -OCH3 is 2. The first-order chi connectivity index (χ1) is 9.74. The second-order valence-corrected chi connectivity index (χ2v) is 4.03. The average molecular weight is 276 g/mol. The highest BCUT2D eigenvalue weighted by atomic mass is 16.5. The SMILES string of the molecule is COC(=O)c1ccc(CNCc2cccnc2OC)o1. The van der Waals surface area contributed by atoms with E-state index in [9.17, 15) is 4.79 Å². The van der Waals surface area contributed by atoms with Crippen molar-refractivity contribution in [2.75, 3.05) is 14.2 Å². The van der Waals surface area contributed by atoms with E-state index in [1.54, 1.807) is 25.4 Å². The van der Waals surface area contributed by atoms with Gasteiger partial charge in [-0.05, 0) is 18.2 Å². The molecule has 2 aromatic rings. The van der Waals surface area contributed by atoms with E-state index in [0.29, 0.717) is 24.7 Å². The fourth-order valence-corrected chi connectivity index (χ4v) is 1.75. The molecular formula is C14H16N2O4. The quantitative estimate of drug-likeness (QED) is 0.810. The molecule has 0 aromatic carbocycles. The van der Waals surface area contributed by atoms with Gasteiger partial charge in [-0.1, -0.05) is 6.07 Å². The predicted molar refractivity (Wildman–Crippen MR) is 71.4 cm³/mol. The van der Waals surface area contributed by atoms with Crippen LogP contribution in [0, 0.1) is 0 Å². The highest BCUT2D eigenvalue weighted by Gasteiger charge is 2.11. The molecule has 0 aliphatic rings. The van der Waals surface area contributed by atoms with Crippen LogP contribution in [0.2, 0.25) is 0 Å². The van der Waals surface area contributed by atoms with Crippen LogP contribution in [0.3, 0.4) is 0 Å². The van der Waals surface area contributed by atoms with Gasteiger partial charge in [0, 0.05) is 18.3 Å². The Kier molecular flexibility index (Phi) is 4.73. The van der Waals surface area contributed by atoms with Crippen molar-refractivity contribution < 1.29 is 18.7 Å². The highest BCUT2D eigenvalue weighted by Crippen LogP contribution is 2.14. The number of pyridine rings is 1. The molecule has 2 aromatic heterocycles. The molecule has 0 fully saturated rings. The lowest BCUT2D eigenvalue weighted by Gasteiger charge is -2.07. The molecule has 106 valence electrons. The molecule has 0 unspecified atom stereocenters. The summed E-state index contributed by atoms with van der Waals surface area (Å²) < 4.78 is 15.1. The van der Waals surface area contributed by atoms with Gasteiger partial charge in [0.25, 0.3) is 0 Å². The van der Waals surface area contributed by atoms with Gasteiger partial charge in [0.1, 0.15) is 5.76 Å². The third kappa shape index (κ3) is 3.36. The lowest BCUT2D eigenvalue weighted by molar-refractivity contribution is 0.0563. The number of aromatic nitrogens is 1. The molecular weight excluding hydrogens is 260 g/mol. The number of carbonyl (C=O) groups excluding carboxylic acids is 1. The van der Waals surface area contributed by atoms with E-state index in [1.165, 1.54) is 7.11 Å². The van der Waals surface area contributed by atoms with Crippen LogP contribution in [0.5, 0.6) is 5.88 Å². The van der Waals surface area contributed by atoms with Crippen LogP contribution in [0.25, 0.3) is 0 Å². The van der Waals surface area contributed by atoms with Crippen LogP contribution in [0.4, 0.5) is 0 Å². The van der Waals surface area contributed by atoms with E-state index in [2.05, 4.69) is 15.0 Å². The second kappa shape index (κ2) is 6.72. The van der Waals surface area contributed by atoms with Gasteiger partial charge in [-0.2, -0.15) is 0 Å². The Bertz CT molecular complexity index is 580. The minimum absolute atomic E-state index is 0.197. The number of rotatable bonds is 6. The molecule has 0 atom stereocenters. The summed E-state index contributed by atoms with van der Waals surface area (Å²) in [6.45, 7) is 1.08. The lowest BCUT2D eigenvalue weighted by Crippen LogP contribution is -2.13. The van der Waals surface area contributed by atoms with Crippen LogP contribution in [0.1, 0.15) is 21.9 Å². The number of nitrogens with one attached hydrogen (secondary N) is 1. The van der Waals surface area contributed by atoms with Gasteiger partial charge in [0.2, 0.25) is 11.6 Å². The molecule has 20 heavy (non-hydrogen) atoms.